The fourth-order valence-corrected chi connectivity index (χ4v) is 1.71. The quantitative estimate of drug-likeness (QED) is 0.883. The van der Waals surface area contributed by atoms with Crippen LogP contribution in [0.15, 0.2) is 6.07 Å². The molecule has 0 aliphatic heterocycles. The lowest BCUT2D eigenvalue weighted by molar-refractivity contribution is -0.147. The third-order valence-corrected chi connectivity index (χ3v) is 2.23. The van der Waals surface area contributed by atoms with Crippen LogP contribution in [0.2, 0.25) is 0 Å². The minimum atomic E-state index is -4.22. The molecule has 0 unspecified atom stereocenters. The van der Waals surface area contributed by atoms with Gasteiger partial charge in [-0.1, -0.05) is 6.92 Å². The molecule has 0 amide bonds. The minimum absolute atomic E-state index is 0.0548. The molecule has 0 fully saturated rings. The van der Waals surface area contributed by atoms with Crippen LogP contribution in [-0.4, -0.2) is 34.1 Å². The van der Waals surface area contributed by atoms with Crippen LogP contribution < -0.4 is 5.73 Å². The SMILES string of the molecule is CCCN(Cc1nc(C)cc(N)n1)CC(F)(F)F. The van der Waals surface area contributed by atoms with Gasteiger partial charge in [0.25, 0.3) is 0 Å². The van der Waals surface area contributed by atoms with Gasteiger partial charge in [-0.3, -0.25) is 4.90 Å². The molecule has 1 aromatic rings. The maximum Gasteiger partial charge on any atom is 0.401 e. The molecule has 0 radical (unpaired) electrons. The van der Waals surface area contributed by atoms with Gasteiger partial charge in [-0.15, -0.1) is 0 Å². The van der Waals surface area contributed by atoms with Gasteiger partial charge in [-0.2, -0.15) is 13.2 Å². The zero-order valence-electron chi connectivity index (χ0n) is 10.5. The van der Waals surface area contributed by atoms with Gasteiger partial charge >= 0.3 is 6.18 Å². The Morgan fingerprint density at radius 1 is 1.33 bits per heavy atom. The topological polar surface area (TPSA) is 55.0 Å². The summed E-state index contributed by atoms with van der Waals surface area (Å²) in [7, 11) is 0. The van der Waals surface area contributed by atoms with Crippen molar-refractivity contribution in [3.05, 3.63) is 17.6 Å². The summed E-state index contributed by atoms with van der Waals surface area (Å²) in [5, 5.41) is 0. The fraction of sp³-hybridized carbons (Fsp3) is 0.636. The van der Waals surface area contributed by atoms with Crippen molar-refractivity contribution in [2.24, 2.45) is 0 Å². The summed E-state index contributed by atoms with van der Waals surface area (Å²) in [6.07, 6.45) is -3.58. The van der Waals surface area contributed by atoms with Gasteiger partial charge < -0.3 is 5.73 Å². The smallest absolute Gasteiger partial charge is 0.384 e. The first-order valence-corrected chi connectivity index (χ1v) is 5.69. The molecule has 0 bridgehead atoms. The molecule has 102 valence electrons. The second-order valence-corrected chi connectivity index (χ2v) is 4.18. The van der Waals surface area contributed by atoms with Crippen molar-refractivity contribution in [1.82, 2.24) is 14.9 Å². The summed E-state index contributed by atoms with van der Waals surface area (Å²) < 4.78 is 37.1. The highest BCUT2D eigenvalue weighted by Crippen LogP contribution is 2.18. The highest BCUT2D eigenvalue weighted by Gasteiger charge is 2.30. The molecular weight excluding hydrogens is 245 g/mol. The summed E-state index contributed by atoms with van der Waals surface area (Å²) in [6, 6.07) is 1.58. The van der Waals surface area contributed by atoms with Crippen LogP contribution >= 0.6 is 0 Å². The number of nitrogen functional groups attached to an aromatic ring is 1. The Bertz CT molecular complexity index is 372. The fourth-order valence-electron chi connectivity index (χ4n) is 1.71. The third-order valence-electron chi connectivity index (χ3n) is 2.23. The first kappa shape index (κ1) is 14.7. The van der Waals surface area contributed by atoms with Crippen LogP contribution in [0.1, 0.15) is 24.9 Å². The second-order valence-electron chi connectivity index (χ2n) is 4.18. The molecule has 18 heavy (non-hydrogen) atoms. The number of aryl methyl sites for hydroxylation is 1. The van der Waals surface area contributed by atoms with Crippen LogP contribution in [-0.2, 0) is 6.54 Å². The number of nitrogens with zero attached hydrogens (tertiary/aromatic N) is 3. The lowest BCUT2D eigenvalue weighted by atomic mass is 10.3. The summed E-state index contributed by atoms with van der Waals surface area (Å²) in [6.45, 7) is 3.00. The van der Waals surface area contributed by atoms with Gasteiger partial charge in [0.15, 0.2) is 0 Å². The van der Waals surface area contributed by atoms with Crippen LogP contribution in [0.25, 0.3) is 0 Å². The summed E-state index contributed by atoms with van der Waals surface area (Å²) >= 11 is 0. The first-order chi connectivity index (χ1) is 8.30. The number of halogens is 3. The molecular formula is C11H17F3N4. The molecule has 0 atom stereocenters. The third kappa shape index (κ3) is 5.31. The van der Waals surface area contributed by atoms with Crippen molar-refractivity contribution in [2.45, 2.75) is 33.0 Å². The Labute approximate surface area is 104 Å². The molecule has 7 heteroatoms. The van der Waals surface area contributed by atoms with Gasteiger partial charge in [0.1, 0.15) is 11.6 Å². The maximum absolute atomic E-state index is 12.4. The number of hydrogen-bond acceptors (Lipinski definition) is 4. The molecule has 1 aromatic heterocycles. The Hall–Kier alpha value is -1.37. The van der Waals surface area contributed by atoms with Gasteiger partial charge in [0.2, 0.25) is 0 Å². The van der Waals surface area contributed by atoms with Crippen molar-refractivity contribution in [3.63, 3.8) is 0 Å². The van der Waals surface area contributed by atoms with Gasteiger partial charge in [-0.05, 0) is 19.9 Å². The Morgan fingerprint density at radius 3 is 2.50 bits per heavy atom. The zero-order chi connectivity index (χ0) is 13.8. The highest BCUT2D eigenvalue weighted by atomic mass is 19.4. The van der Waals surface area contributed by atoms with E-state index < -0.39 is 12.7 Å². The number of hydrogen-bond donors (Lipinski definition) is 1. The summed E-state index contributed by atoms with van der Waals surface area (Å²) in [4.78, 5) is 9.30. The van der Waals surface area contributed by atoms with E-state index in [-0.39, 0.29) is 12.4 Å². The number of anilines is 1. The number of rotatable bonds is 5. The number of nitrogens with two attached hydrogens (primary N) is 1. The molecule has 0 saturated heterocycles. The zero-order valence-corrected chi connectivity index (χ0v) is 10.5. The standard InChI is InChI=1S/C11H17F3N4/c1-3-4-18(7-11(12,13)14)6-10-16-8(2)5-9(15)17-10/h5H,3-4,6-7H2,1-2H3,(H2,15,16,17). The van der Waals surface area contributed by atoms with Crippen molar-refractivity contribution in [1.29, 1.82) is 0 Å². The summed E-state index contributed by atoms with van der Waals surface area (Å²) in [5.74, 6) is 0.603. The average molecular weight is 262 g/mol. The van der Waals surface area contributed by atoms with E-state index in [0.29, 0.717) is 24.5 Å². The van der Waals surface area contributed by atoms with Gasteiger partial charge in [0, 0.05) is 11.8 Å². The lowest BCUT2D eigenvalue weighted by Gasteiger charge is -2.22. The Kier molecular flexibility index (Phi) is 4.89. The van der Waals surface area contributed by atoms with Crippen LogP contribution in [0, 0.1) is 6.92 Å². The van der Waals surface area contributed by atoms with E-state index in [1.807, 2.05) is 6.92 Å². The van der Waals surface area contributed by atoms with Gasteiger partial charge in [-0.25, -0.2) is 9.97 Å². The van der Waals surface area contributed by atoms with E-state index >= 15 is 0 Å². The molecule has 0 aliphatic rings. The maximum atomic E-state index is 12.4. The second kappa shape index (κ2) is 5.99. The van der Waals surface area contributed by atoms with Crippen molar-refractivity contribution in [3.8, 4) is 0 Å². The Morgan fingerprint density at radius 2 is 2.00 bits per heavy atom. The van der Waals surface area contributed by atoms with E-state index in [1.54, 1.807) is 13.0 Å². The van der Waals surface area contributed by atoms with Gasteiger partial charge in [0.05, 0.1) is 13.1 Å². The number of alkyl halides is 3. The molecule has 0 aromatic carbocycles. The average Bonchev–Trinajstić information content (AvgIpc) is 2.12. The van der Waals surface area contributed by atoms with E-state index in [4.69, 9.17) is 5.73 Å². The molecule has 2 N–H and O–H groups in total. The lowest BCUT2D eigenvalue weighted by Crippen LogP contribution is -2.35. The molecule has 1 heterocycles. The Balaban J connectivity index is 2.76. The normalized spacial score (nSPS) is 12.1. The monoisotopic (exact) mass is 262 g/mol. The molecule has 0 aliphatic carbocycles. The predicted octanol–water partition coefficient (Wildman–Crippen LogP) is 2.14. The van der Waals surface area contributed by atoms with Crippen molar-refractivity contribution < 1.29 is 13.2 Å². The minimum Gasteiger partial charge on any atom is -0.384 e. The molecule has 1 rings (SSSR count). The van der Waals surface area contributed by atoms with Crippen LogP contribution in [0.5, 0.6) is 0 Å². The molecule has 0 spiro atoms. The number of aromatic nitrogens is 2. The van der Waals surface area contributed by atoms with Crippen molar-refractivity contribution in [2.75, 3.05) is 18.8 Å². The van der Waals surface area contributed by atoms with Crippen LogP contribution in [0.4, 0.5) is 19.0 Å². The highest BCUT2D eigenvalue weighted by molar-refractivity contribution is 5.29. The first-order valence-electron chi connectivity index (χ1n) is 5.69. The van der Waals surface area contributed by atoms with Crippen molar-refractivity contribution >= 4 is 5.82 Å². The van der Waals surface area contributed by atoms with Crippen LogP contribution in [0.3, 0.4) is 0 Å². The summed E-state index contributed by atoms with van der Waals surface area (Å²) in [5.41, 5.74) is 6.20. The molecule has 0 saturated carbocycles. The van der Waals surface area contributed by atoms with E-state index in [0.717, 1.165) is 0 Å². The van der Waals surface area contributed by atoms with E-state index in [1.165, 1.54) is 4.90 Å². The van der Waals surface area contributed by atoms with E-state index in [2.05, 4.69) is 9.97 Å². The largest absolute Gasteiger partial charge is 0.401 e. The predicted molar refractivity (Wildman–Crippen MR) is 62.8 cm³/mol. The molecule has 4 nitrogen and oxygen atoms in total. The van der Waals surface area contributed by atoms with E-state index in [9.17, 15) is 13.2 Å².